The van der Waals surface area contributed by atoms with Crippen molar-refractivity contribution >= 4 is 0 Å². The van der Waals surface area contributed by atoms with Crippen LogP contribution in [0.25, 0.3) is 0 Å². The average Bonchev–Trinajstić information content (AvgIpc) is 3.28. The van der Waals surface area contributed by atoms with Crippen molar-refractivity contribution in [3.8, 4) is 11.8 Å². The molecule has 2 aromatic rings. The van der Waals surface area contributed by atoms with Crippen molar-refractivity contribution in [3.63, 3.8) is 0 Å². The van der Waals surface area contributed by atoms with E-state index in [-0.39, 0.29) is 0 Å². The van der Waals surface area contributed by atoms with E-state index in [2.05, 4.69) is 30.3 Å². The quantitative estimate of drug-likeness (QED) is 0.828. The molecular formula is C17H15NO. The number of ether oxygens (including phenoxy) is 1. The number of nitriles is 1. The molecule has 0 amide bonds. The SMILES string of the molecule is COc1ccc([C@@H]2C[C@H]2c2ccc(C#N)cc2)cc1. The molecule has 2 heteroatoms. The first-order chi connectivity index (χ1) is 9.31. The third-order valence-corrected chi connectivity index (χ3v) is 3.80. The van der Waals surface area contributed by atoms with Crippen LogP contribution >= 0.6 is 0 Å². The molecule has 0 aromatic heterocycles. The lowest BCUT2D eigenvalue weighted by molar-refractivity contribution is 0.414. The predicted molar refractivity (Wildman–Crippen MR) is 74.3 cm³/mol. The van der Waals surface area contributed by atoms with Gasteiger partial charge in [0.05, 0.1) is 18.7 Å². The highest BCUT2D eigenvalue weighted by molar-refractivity contribution is 5.41. The van der Waals surface area contributed by atoms with Crippen LogP contribution in [0, 0.1) is 11.3 Å². The van der Waals surface area contributed by atoms with Crippen LogP contribution in [0.4, 0.5) is 0 Å². The van der Waals surface area contributed by atoms with E-state index in [1.807, 2.05) is 24.3 Å². The van der Waals surface area contributed by atoms with Crippen molar-refractivity contribution in [1.29, 1.82) is 5.26 Å². The van der Waals surface area contributed by atoms with Crippen LogP contribution in [0.5, 0.6) is 5.75 Å². The third-order valence-electron chi connectivity index (χ3n) is 3.80. The first kappa shape index (κ1) is 11.8. The maximum Gasteiger partial charge on any atom is 0.118 e. The first-order valence-electron chi connectivity index (χ1n) is 6.46. The lowest BCUT2D eigenvalue weighted by atomic mass is 10.0. The molecule has 0 heterocycles. The average molecular weight is 249 g/mol. The van der Waals surface area contributed by atoms with Gasteiger partial charge in [0.15, 0.2) is 0 Å². The lowest BCUT2D eigenvalue weighted by Gasteiger charge is -2.03. The minimum Gasteiger partial charge on any atom is -0.497 e. The van der Waals surface area contributed by atoms with Crippen molar-refractivity contribution in [2.45, 2.75) is 18.3 Å². The Morgan fingerprint density at radius 1 is 0.947 bits per heavy atom. The Morgan fingerprint density at radius 2 is 1.47 bits per heavy atom. The van der Waals surface area contributed by atoms with E-state index < -0.39 is 0 Å². The van der Waals surface area contributed by atoms with Gasteiger partial charge < -0.3 is 4.74 Å². The molecule has 2 nitrogen and oxygen atoms in total. The van der Waals surface area contributed by atoms with Crippen LogP contribution in [-0.4, -0.2) is 7.11 Å². The molecule has 0 unspecified atom stereocenters. The standard InChI is InChI=1S/C17H15NO/c1-19-15-8-6-14(7-9-15)17-10-16(17)13-4-2-12(11-18)3-5-13/h2-9,16-17H,10H2,1H3/t16-,17-/m0/s1. The molecule has 2 aromatic carbocycles. The van der Waals surface area contributed by atoms with Crippen molar-refractivity contribution in [3.05, 3.63) is 65.2 Å². The van der Waals surface area contributed by atoms with E-state index in [0.717, 1.165) is 11.3 Å². The molecule has 0 bridgehead atoms. The summed E-state index contributed by atoms with van der Waals surface area (Å²) in [6.07, 6.45) is 1.19. The molecule has 1 fully saturated rings. The number of hydrogen-bond donors (Lipinski definition) is 0. The number of methoxy groups -OCH3 is 1. The molecule has 94 valence electrons. The fraction of sp³-hybridized carbons (Fsp3) is 0.235. The summed E-state index contributed by atoms with van der Waals surface area (Å²) >= 11 is 0. The fourth-order valence-electron chi connectivity index (χ4n) is 2.59. The molecule has 0 spiro atoms. The number of nitrogens with zero attached hydrogens (tertiary/aromatic N) is 1. The Labute approximate surface area is 113 Å². The number of benzene rings is 2. The Balaban J connectivity index is 1.74. The van der Waals surface area contributed by atoms with Gasteiger partial charge in [0, 0.05) is 0 Å². The van der Waals surface area contributed by atoms with Gasteiger partial charge in [-0.05, 0) is 53.6 Å². The molecule has 0 aliphatic heterocycles. The van der Waals surface area contributed by atoms with Crippen LogP contribution < -0.4 is 4.74 Å². The van der Waals surface area contributed by atoms with Gasteiger partial charge in [0.1, 0.15) is 5.75 Å². The monoisotopic (exact) mass is 249 g/mol. The Kier molecular flexibility index (Phi) is 2.97. The zero-order chi connectivity index (χ0) is 13.2. The van der Waals surface area contributed by atoms with E-state index in [1.54, 1.807) is 7.11 Å². The summed E-state index contributed by atoms with van der Waals surface area (Å²) in [7, 11) is 1.69. The normalized spacial score (nSPS) is 20.6. The van der Waals surface area contributed by atoms with Crippen LogP contribution in [0.2, 0.25) is 0 Å². The Bertz CT molecular complexity index is 607. The largest absolute Gasteiger partial charge is 0.497 e. The molecule has 0 saturated heterocycles. The smallest absolute Gasteiger partial charge is 0.118 e. The summed E-state index contributed by atoms with van der Waals surface area (Å²) in [6.45, 7) is 0. The first-order valence-corrected chi connectivity index (χ1v) is 6.46. The van der Waals surface area contributed by atoms with Gasteiger partial charge >= 0.3 is 0 Å². The van der Waals surface area contributed by atoms with Crippen LogP contribution in [0.1, 0.15) is 34.9 Å². The molecule has 0 radical (unpaired) electrons. The second kappa shape index (κ2) is 4.78. The van der Waals surface area contributed by atoms with Gasteiger partial charge in [-0.15, -0.1) is 0 Å². The van der Waals surface area contributed by atoms with E-state index in [9.17, 15) is 0 Å². The van der Waals surface area contributed by atoms with Crippen molar-refractivity contribution in [2.24, 2.45) is 0 Å². The van der Waals surface area contributed by atoms with Crippen molar-refractivity contribution in [2.75, 3.05) is 7.11 Å². The number of hydrogen-bond acceptors (Lipinski definition) is 2. The van der Waals surface area contributed by atoms with Gasteiger partial charge in [0.25, 0.3) is 0 Å². The highest BCUT2D eigenvalue weighted by atomic mass is 16.5. The maximum atomic E-state index is 8.80. The predicted octanol–water partition coefficient (Wildman–Crippen LogP) is 3.84. The highest BCUT2D eigenvalue weighted by Crippen LogP contribution is 2.54. The third kappa shape index (κ3) is 2.32. The highest BCUT2D eigenvalue weighted by Gasteiger charge is 2.39. The molecule has 0 N–H and O–H groups in total. The summed E-state index contributed by atoms with van der Waals surface area (Å²) < 4.78 is 5.18. The topological polar surface area (TPSA) is 33.0 Å². The van der Waals surface area contributed by atoms with Crippen LogP contribution in [0.3, 0.4) is 0 Å². The second-order valence-corrected chi connectivity index (χ2v) is 4.96. The molecule has 19 heavy (non-hydrogen) atoms. The second-order valence-electron chi connectivity index (χ2n) is 4.96. The lowest BCUT2D eigenvalue weighted by Crippen LogP contribution is -1.86. The Hall–Kier alpha value is -2.27. The Morgan fingerprint density at radius 3 is 1.95 bits per heavy atom. The minimum absolute atomic E-state index is 0.598. The molecule has 3 rings (SSSR count). The summed E-state index contributed by atoms with van der Waals surface area (Å²) in [6, 6.07) is 18.4. The van der Waals surface area contributed by atoms with Gasteiger partial charge in [-0.1, -0.05) is 24.3 Å². The fourth-order valence-corrected chi connectivity index (χ4v) is 2.59. The van der Waals surface area contributed by atoms with Gasteiger partial charge in [-0.2, -0.15) is 5.26 Å². The van der Waals surface area contributed by atoms with Crippen LogP contribution in [-0.2, 0) is 0 Å². The van der Waals surface area contributed by atoms with Crippen LogP contribution in [0.15, 0.2) is 48.5 Å². The molecule has 2 atom stereocenters. The van der Waals surface area contributed by atoms with Crippen molar-refractivity contribution in [1.82, 2.24) is 0 Å². The molecular weight excluding hydrogens is 234 g/mol. The van der Waals surface area contributed by atoms with E-state index in [1.165, 1.54) is 17.5 Å². The summed E-state index contributed by atoms with van der Waals surface area (Å²) in [5.41, 5.74) is 3.43. The van der Waals surface area contributed by atoms with E-state index in [0.29, 0.717) is 11.8 Å². The van der Waals surface area contributed by atoms with E-state index >= 15 is 0 Å². The zero-order valence-corrected chi connectivity index (χ0v) is 10.8. The number of rotatable bonds is 3. The maximum absolute atomic E-state index is 8.80. The van der Waals surface area contributed by atoms with Gasteiger partial charge in [-0.3, -0.25) is 0 Å². The van der Waals surface area contributed by atoms with Crippen molar-refractivity contribution < 1.29 is 4.74 Å². The molecule has 1 aliphatic rings. The molecule has 1 aliphatic carbocycles. The van der Waals surface area contributed by atoms with Gasteiger partial charge in [0.2, 0.25) is 0 Å². The van der Waals surface area contributed by atoms with E-state index in [4.69, 9.17) is 10.00 Å². The zero-order valence-electron chi connectivity index (χ0n) is 10.8. The summed E-state index contributed by atoms with van der Waals surface area (Å²) in [4.78, 5) is 0. The van der Waals surface area contributed by atoms with Gasteiger partial charge in [-0.25, -0.2) is 0 Å². The minimum atomic E-state index is 0.598. The molecule has 1 saturated carbocycles. The summed E-state index contributed by atoms with van der Waals surface area (Å²) in [5, 5.41) is 8.80. The summed E-state index contributed by atoms with van der Waals surface area (Å²) in [5.74, 6) is 2.11.